The first kappa shape index (κ1) is 13.1. The van der Waals surface area contributed by atoms with Gasteiger partial charge < -0.3 is 0 Å². The lowest BCUT2D eigenvalue weighted by atomic mass is 10.0. The SMILES string of the molecule is Cn1nncc1C(NN)c1ccc(F)c(F)c1Br. The summed E-state index contributed by atoms with van der Waals surface area (Å²) in [5.41, 5.74) is 3.62. The molecule has 0 spiro atoms. The van der Waals surface area contributed by atoms with E-state index in [9.17, 15) is 8.78 Å². The van der Waals surface area contributed by atoms with Gasteiger partial charge in [-0.2, -0.15) is 0 Å². The monoisotopic (exact) mass is 317 g/mol. The van der Waals surface area contributed by atoms with E-state index in [1.165, 1.54) is 16.9 Å². The van der Waals surface area contributed by atoms with E-state index in [-0.39, 0.29) is 4.47 Å². The van der Waals surface area contributed by atoms with Crippen LogP contribution in [0.25, 0.3) is 0 Å². The third-order valence-electron chi connectivity index (χ3n) is 2.59. The molecule has 18 heavy (non-hydrogen) atoms. The van der Waals surface area contributed by atoms with Crippen LogP contribution in [0.5, 0.6) is 0 Å². The van der Waals surface area contributed by atoms with Gasteiger partial charge in [0.05, 0.1) is 22.4 Å². The number of nitrogens with one attached hydrogen (secondary N) is 1. The van der Waals surface area contributed by atoms with E-state index < -0.39 is 17.7 Å². The minimum absolute atomic E-state index is 0.0200. The van der Waals surface area contributed by atoms with Crippen LogP contribution < -0.4 is 11.3 Å². The smallest absolute Gasteiger partial charge is 0.173 e. The number of nitrogens with zero attached hydrogens (tertiary/aromatic N) is 3. The fourth-order valence-electron chi connectivity index (χ4n) is 1.66. The summed E-state index contributed by atoms with van der Waals surface area (Å²) in [5.74, 6) is 3.58. The molecule has 2 rings (SSSR count). The molecule has 96 valence electrons. The van der Waals surface area contributed by atoms with Crippen LogP contribution in [0.15, 0.2) is 22.8 Å². The second kappa shape index (κ2) is 5.09. The molecule has 0 aliphatic rings. The predicted molar refractivity (Wildman–Crippen MR) is 64.2 cm³/mol. The van der Waals surface area contributed by atoms with Crippen LogP contribution in [0.4, 0.5) is 8.78 Å². The molecule has 0 aliphatic carbocycles. The van der Waals surface area contributed by atoms with Gasteiger partial charge in [-0.1, -0.05) is 11.3 Å². The van der Waals surface area contributed by atoms with Gasteiger partial charge in [0.1, 0.15) is 0 Å². The van der Waals surface area contributed by atoms with Gasteiger partial charge in [0.15, 0.2) is 11.6 Å². The van der Waals surface area contributed by atoms with Gasteiger partial charge in [0.2, 0.25) is 0 Å². The zero-order valence-corrected chi connectivity index (χ0v) is 10.9. The molecule has 0 fully saturated rings. The predicted octanol–water partition coefficient (Wildman–Crippen LogP) is 1.41. The highest BCUT2D eigenvalue weighted by molar-refractivity contribution is 9.10. The average molecular weight is 318 g/mol. The Labute approximate surface area is 110 Å². The Morgan fingerprint density at radius 3 is 2.72 bits per heavy atom. The highest BCUT2D eigenvalue weighted by atomic mass is 79.9. The second-order valence-electron chi connectivity index (χ2n) is 3.65. The van der Waals surface area contributed by atoms with Gasteiger partial charge in [-0.25, -0.2) is 14.2 Å². The van der Waals surface area contributed by atoms with E-state index in [0.29, 0.717) is 11.3 Å². The maximum Gasteiger partial charge on any atom is 0.173 e. The van der Waals surface area contributed by atoms with Crippen molar-refractivity contribution in [2.45, 2.75) is 6.04 Å². The quantitative estimate of drug-likeness (QED) is 0.510. The highest BCUT2D eigenvalue weighted by Crippen LogP contribution is 2.30. The second-order valence-corrected chi connectivity index (χ2v) is 4.44. The van der Waals surface area contributed by atoms with Gasteiger partial charge in [0, 0.05) is 7.05 Å². The molecule has 0 radical (unpaired) electrons. The first-order chi connectivity index (χ1) is 8.56. The van der Waals surface area contributed by atoms with Gasteiger partial charge in [-0.05, 0) is 27.6 Å². The van der Waals surface area contributed by atoms with Crippen LogP contribution in [-0.2, 0) is 7.05 Å². The summed E-state index contributed by atoms with van der Waals surface area (Å²) in [7, 11) is 1.68. The van der Waals surface area contributed by atoms with Crippen molar-refractivity contribution in [1.29, 1.82) is 0 Å². The number of hydrogen-bond acceptors (Lipinski definition) is 4. The standard InChI is InChI=1S/C10H10BrF2N5/c1-18-7(4-15-17-18)10(16-14)5-2-3-6(12)9(13)8(5)11/h2-4,10,16H,14H2,1H3. The molecular weight excluding hydrogens is 308 g/mol. The number of hydrazine groups is 1. The van der Waals surface area contributed by atoms with Crippen molar-refractivity contribution in [2.75, 3.05) is 0 Å². The van der Waals surface area contributed by atoms with Crippen LogP contribution in [0.1, 0.15) is 17.3 Å². The van der Waals surface area contributed by atoms with Gasteiger partial charge in [-0.3, -0.25) is 10.5 Å². The van der Waals surface area contributed by atoms with Crippen LogP contribution in [0, 0.1) is 11.6 Å². The minimum atomic E-state index is -0.956. The Balaban J connectivity index is 2.53. The molecule has 1 unspecified atom stereocenters. The minimum Gasteiger partial charge on any atom is -0.271 e. The van der Waals surface area contributed by atoms with Crippen LogP contribution in [0.3, 0.4) is 0 Å². The van der Waals surface area contributed by atoms with E-state index >= 15 is 0 Å². The van der Waals surface area contributed by atoms with Crippen molar-refractivity contribution in [2.24, 2.45) is 12.9 Å². The molecule has 3 N–H and O–H groups in total. The van der Waals surface area contributed by atoms with Gasteiger partial charge in [0.25, 0.3) is 0 Å². The first-order valence-electron chi connectivity index (χ1n) is 5.00. The molecule has 1 atom stereocenters. The molecule has 5 nitrogen and oxygen atoms in total. The Hall–Kier alpha value is -1.38. The molecular formula is C10H10BrF2N5. The zero-order chi connectivity index (χ0) is 13.3. The lowest BCUT2D eigenvalue weighted by Crippen LogP contribution is -2.30. The average Bonchev–Trinajstić information content (AvgIpc) is 2.77. The Kier molecular flexibility index (Phi) is 3.69. The number of benzene rings is 1. The van der Waals surface area contributed by atoms with Crippen LogP contribution >= 0.6 is 15.9 Å². The molecule has 0 saturated carbocycles. The number of halogens is 3. The van der Waals surface area contributed by atoms with E-state index in [0.717, 1.165) is 6.07 Å². The van der Waals surface area contributed by atoms with Crippen molar-refractivity contribution in [3.8, 4) is 0 Å². The Morgan fingerprint density at radius 1 is 1.44 bits per heavy atom. The summed E-state index contributed by atoms with van der Waals surface area (Å²) in [5, 5.41) is 7.49. The summed E-state index contributed by atoms with van der Waals surface area (Å²) in [6.07, 6.45) is 1.50. The van der Waals surface area contributed by atoms with Crippen LogP contribution in [-0.4, -0.2) is 15.0 Å². The Morgan fingerprint density at radius 2 is 2.17 bits per heavy atom. The molecule has 1 aromatic heterocycles. The largest absolute Gasteiger partial charge is 0.271 e. The topological polar surface area (TPSA) is 68.8 Å². The first-order valence-corrected chi connectivity index (χ1v) is 5.79. The number of hydrogen-bond donors (Lipinski definition) is 2. The van der Waals surface area contributed by atoms with E-state index in [4.69, 9.17) is 5.84 Å². The Bertz CT molecular complexity index is 571. The fourth-order valence-corrected chi connectivity index (χ4v) is 2.21. The number of aryl methyl sites for hydroxylation is 1. The molecule has 1 heterocycles. The maximum absolute atomic E-state index is 13.5. The molecule has 2 aromatic rings. The molecule has 0 saturated heterocycles. The molecule has 0 bridgehead atoms. The maximum atomic E-state index is 13.5. The van der Waals surface area contributed by atoms with Gasteiger partial charge in [-0.15, -0.1) is 5.10 Å². The summed E-state index contributed by atoms with van der Waals surface area (Å²) < 4.78 is 28.1. The van der Waals surface area contributed by atoms with E-state index in [1.54, 1.807) is 7.05 Å². The summed E-state index contributed by atoms with van der Waals surface area (Å²) >= 11 is 3.02. The summed E-state index contributed by atoms with van der Waals surface area (Å²) in [4.78, 5) is 0. The number of aromatic nitrogens is 3. The van der Waals surface area contributed by atoms with Crippen molar-refractivity contribution in [3.63, 3.8) is 0 Å². The molecule has 0 amide bonds. The normalized spacial score (nSPS) is 12.7. The summed E-state index contributed by atoms with van der Waals surface area (Å²) in [6, 6.07) is 1.94. The van der Waals surface area contributed by atoms with E-state index in [1.807, 2.05) is 0 Å². The van der Waals surface area contributed by atoms with Crippen molar-refractivity contribution in [1.82, 2.24) is 20.4 Å². The lowest BCUT2D eigenvalue weighted by molar-refractivity contribution is 0.496. The van der Waals surface area contributed by atoms with Crippen LogP contribution in [0.2, 0.25) is 0 Å². The molecule has 0 aliphatic heterocycles. The van der Waals surface area contributed by atoms with E-state index in [2.05, 4.69) is 31.7 Å². The lowest BCUT2D eigenvalue weighted by Gasteiger charge is -2.17. The summed E-state index contributed by atoms with van der Waals surface area (Å²) in [6.45, 7) is 0. The highest BCUT2D eigenvalue weighted by Gasteiger charge is 2.22. The zero-order valence-electron chi connectivity index (χ0n) is 9.36. The third-order valence-corrected chi connectivity index (χ3v) is 3.39. The number of rotatable bonds is 3. The number of nitrogens with two attached hydrogens (primary N) is 1. The van der Waals surface area contributed by atoms with Crippen molar-refractivity contribution >= 4 is 15.9 Å². The molecule has 8 heteroatoms. The van der Waals surface area contributed by atoms with Gasteiger partial charge >= 0.3 is 0 Å². The third kappa shape index (κ3) is 2.14. The molecule has 1 aromatic carbocycles. The van der Waals surface area contributed by atoms with Crippen molar-refractivity contribution < 1.29 is 8.78 Å². The fraction of sp³-hybridized carbons (Fsp3) is 0.200. The van der Waals surface area contributed by atoms with Crippen molar-refractivity contribution in [3.05, 3.63) is 45.7 Å².